The standard InChI is InChI=1S/C19H19NS.ClH/c1-2-5-14(6-3-1)15-8-9-17-18(13-21-19(17)11-15)16-7-4-10-20-12-16;/h4,7-14H,1-3,5-6H2;1H. The average molecular weight is 330 g/mol. The van der Waals surface area contributed by atoms with Gasteiger partial charge in [0.25, 0.3) is 0 Å². The van der Waals surface area contributed by atoms with Gasteiger partial charge in [0.2, 0.25) is 0 Å². The first-order chi connectivity index (χ1) is 10.4. The number of pyridine rings is 1. The number of rotatable bonds is 2. The SMILES string of the molecule is Cl.c1cncc(-c2csc3cc(C4CCCCC4)ccc23)c1. The van der Waals surface area contributed by atoms with Crippen LogP contribution in [0.1, 0.15) is 43.6 Å². The largest absolute Gasteiger partial charge is 0.264 e. The molecule has 3 heteroatoms. The predicted molar refractivity (Wildman–Crippen MR) is 98.1 cm³/mol. The topological polar surface area (TPSA) is 12.9 Å². The Balaban J connectivity index is 0.00000144. The molecule has 0 saturated heterocycles. The third-order valence-electron chi connectivity index (χ3n) is 4.65. The summed E-state index contributed by atoms with van der Waals surface area (Å²) in [5.41, 5.74) is 4.08. The number of aromatic nitrogens is 1. The van der Waals surface area contributed by atoms with E-state index >= 15 is 0 Å². The molecule has 114 valence electrons. The Kier molecular flexibility index (Phi) is 4.80. The monoisotopic (exact) mass is 329 g/mol. The van der Waals surface area contributed by atoms with E-state index in [0.717, 1.165) is 5.92 Å². The summed E-state index contributed by atoms with van der Waals surface area (Å²) >= 11 is 1.86. The lowest BCUT2D eigenvalue weighted by Gasteiger charge is -2.22. The molecular weight excluding hydrogens is 310 g/mol. The summed E-state index contributed by atoms with van der Waals surface area (Å²) in [4.78, 5) is 4.24. The molecule has 0 bridgehead atoms. The van der Waals surface area contributed by atoms with E-state index in [1.165, 1.54) is 53.3 Å². The third-order valence-corrected chi connectivity index (χ3v) is 5.59. The van der Waals surface area contributed by atoms with Crippen molar-refractivity contribution in [3.8, 4) is 11.1 Å². The molecule has 0 radical (unpaired) electrons. The van der Waals surface area contributed by atoms with Crippen molar-refractivity contribution in [2.45, 2.75) is 38.0 Å². The van der Waals surface area contributed by atoms with Crippen molar-refractivity contribution in [2.24, 2.45) is 0 Å². The molecule has 1 saturated carbocycles. The molecular formula is C19H20ClNS. The highest BCUT2D eigenvalue weighted by Crippen LogP contribution is 2.38. The molecule has 1 nitrogen and oxygen atoms in total. The van der Waals surface area contributed by atoms with Gasteiger partial charge in [0.05, 0.1) is 0 Å². The van der Waals surface area contributed by atoms with Gasteiger partial charge in [0.15, 0.2) is 0 Å². The number of hydrogen-bond acceptors (Lipinski definition) is 2. The van der Waals surface area contributed by atoms with Crippen molar-refractivity contribution < 1.29 is 0 Å². The number of nitrogens with zero attached hydrogens (tertiary/aromatic N) is 1. The molecule has 2 aromatic heterocycles. The maximum Gasteiger partial charge on any atom is 0.0352 e. The fourth-order valence-corrected chi connectivity index (χ4v) is 4.50. The fraction of sp³-hybridized carbons (Fsp3) is 0.316. The van der Waals surface area contributed by atoms with Crippen molar-refractivity contribution in [3.05, 3.63) is 53.7 Å². The van der Waals surface area contributed by atoms with Crippen molar-refractivity contribution >= 4 is 33.8 Å². The normalized spacial score (nSPS) is 15.6. The highest BCUT2D eigenvalue weighted by molar-refractivity contribution is 7.17. The van der Waals surface area contributed by atoms with Gasteiger partial charge in [-0.15, -0.1) is 23.7 Å². The second kappa shape index (κ2) is 6.80. The summed E-state index contributed by atoms with van der Waals surface area (Å²) in [6.45, 7) is 0. The molecule has 2 heterocycles. The number of hydrogen-bond donors (Lipinski definition) is 0. The van der Waals surface area contributed by atoms with E-state index in [2.05, 4.69) is 34.6 Å². The van der Waals surface area contributed by atoms with Crippen LogP contribution in [0.15, 0.2) is 48.1 Å². The first kappa shape index (κ1) is 15.5. The molecule has 0 aliphatic heterocycles. The van der Waals surface area contributed by atoms with E-state index in [1.807, 2.05) is 29.8 Å². The lowest BCUT2D eigenvalue weighted by Crippen LogP contribution is -2.03. The molecule has 1 fully saturated rings. The molecule has 1 aromatic carbocycles. The van der Waals surface area contributed by atoms with Crippen LogP contribution in [0.4, 0.5) is 0 Å². The molecule has 1 aliphatic rings. The van der Waals surface area contributed by atoms with Gasteiger partial charge in [-0.05, 0) is 41.8 Å². The van der Waals surface area contributed by atoms with Crippen LogP contribution in [0.2, 0.25) is 0 Å². The van der Waals surface area contributed by atoms with E-state index in [1.54, 1.807) is 5.56 Å². The fourth-order valence-electron chi connectivity index (χ4n) is 3.48. The van der Waals surface area contributed by atoms with Crippen LogP contribution < -0.4 is 0 Å². The maximum absolute atomic E-state index is 4.24. The van der Waals surface area contributed by atoms with Crippen LogP contribution in [-0.4, -0.2) is 4.98 Å². The van der Waals surface area contributed by atoms with Crippen molar-refractivity contribution in [3.63, 3.8) is 0 Å². The molecule has 4 rings (SSSR count). The molecule has 3 aromatic rings. The quantitative estimate of drug-likeness (QED) is 0.527. The van der Waals surface area contributed by atoms with Crippen LogP contribution in [0.3, 0.4) is 0 Å². The Hall–Kier alpha value is -1.38. The second-order valence-electron chi connectivity index (χ2n) is 5.98. The second-order valence-corrected chi connectivity index (χ2v) is 6.89. The van der Waals surface area contributed by atoms with E-state index in [9.17, 15) is 0 Å². The van der Waals surface area contributed by atoms with Crippen molar-refractivity contribution in [1.29, 1.82) is 0 Å². The van der Waals surface area contributed by atoms with Gasteiger partial charge in [-0.3, -0.25) is 4.98 Å². The summed E-state index contributed by atoms with van der Waals surface area (Å²) in [6.07, 6.45) is 10.7. The highest BCUT2D eigenvalue weighted by atomic mass is 35.5. The van der Waals surface area contributed by atoms with Crippen LogP contribution >= 0.6 is 23.7 Å². The minimum absolute atomic E-state index is 0. The molecule has 0 amide bonds. The molecule has 0 atom stereocenters. The Morgan fingerprint density at radius 1 is 1.05 bits per heavy atom. The predicted octanol–water partition coefficient (Wildman–Crippen LogP) is 6.43. The summed E-state index contributed by atoms with van der Waals surface area (Å²) in [7, 11) is 0. The van der Waals surface area contributed by atoms with E-state index in [-0.39, 0.29) is 12.4 Å². The molecule has 0 spiro atoms. The summed E-state index contributed by atoms with van der Waals surface area (Å²) < 4.78 is 1.41. The Labute approximate surface area is 141 Å². The minimum atomic E-state index is 0. The number of fused-ring (bicyclic) bond motifs is 1. The lowest BCUT2D eigenvalue weighted by molar-refractivity contribution is 0.444. The van der Waals surface area contributed by atoms with Crippen molar-refractivity contribution in [1.82, 2.24) is 4.98 Å². The van der Waals surface area contributed by atoms with Crippen LogP contribution in [0, 0.1) is 0 Å². The minimum Gasteiger partial charge on any atom is -0.264 e. The van der Waals surface area contributed by atoms with Gasteiger partial charge < -0.3 is 0 Å². The Morgan fingerprint density at radius 2 is 1.91 bits per heavy atom. The molecule has 1 aliphatic carbocycles. The first-order valence-corrected chi connectivity index (χ1v) is 8.71. The van der Waals surface area contributed by atoms with Gasteiger partial charge in [-0.1, -0.05) is 37.5 Å². The van der Waals surface area contributed by atoms with E-state index in [0.29, 0.717) is 0 Å². The van der Waals surface area contributed by atoms with Crippen LogP contribution in [-0.2, 0) is 0 Å². The smallest absolute Gasteiger partial charge is 0.0352 e. The summed E-state index contributed by atoms with van der Waals surface area (Å²) in [5, 5.41) is 3.64. The van der Waals surface area contributed by atoms with E-state index in [4.69, 9.17) is 0 Å². The highest BCUT2D eigenvalue weighted by Gasteiger charge is 2.16. The summed E-state index contributed by atoms with van der Waals surface area (Å²) in [6, 6.07) is 11.2. The third kappa shape index (κ3) is 2.90. The Bertz CT molecular complexity index is 744. The first-order valence-electron chi connectivity index (χ1n) is 7.83. The molecule has 0 N–H and O–H groups in total. The van der Waals surface area contributed by atoms with Gasteiger partial charge in [0.1, 0.15) is 0 Å². The average Bonchev–Trinajstić information content (AvgIpc) is 2.99. The van der Waals surface area contributed by atoms with Gasteiger partial charge >= 0.3 is 0 Å². The van der Waals surface area contributed by atoms with Gasteiger partial charge in [-0.25, -0.2) is 0 Å². The zero-order valence-electron chi connectivity index (χ0n) is 12.5. The number of halogens is 1. The van der Waals surface area contributed by atoms with Gasteiger partial charge in [0, 0.05) is 33.6 Å². The zero-order valence-corrected chi connectivity index (χ0v) is 14.1. The van der Waals surface area contributed by atoms with E-state index < -0.39 is 0 Å². The molecule has 0 unspecified atom stereocenters. The lowest BCUT2D eigenvalue weighted by atomic mass is 9.84. The Morgan fingerprint density at radius 3 is 2.68 bits per heavy atom. The molecule has 22 heavy (non-hydrogen) atoms. The van der Waals surface area contributed by atoms with Gasteiger partial charge in [-0.2, -0.15) is 0 Å². The summed E-state index contributed by atoms with van der Waals surface area (Å²) in [5.74, 6) is 0.784. The number of benzene rings is 1. The zero-order chi connectivity index (χ0) is 14.1. The van der Waals surface area contributed by atoms with Crippen LogP contribution in [0.5, 0.6) is 0 Å². The maximum atomic E-state index is 4.24. The number of thiophene rings is 1. The van der Waals surface area contributed by atoms with Crippen LogP contribution in [0.25, 0.3) is 21.2 Å². The van der Waals surface area contributed by atoms with Crippen molar-refractivity contribution in [2.75, 3.05) is 0 Å².